The highest BCUT2D eigenvalue weighted by atomic mass is 16.3. The number of rotatable bonds is 3. The zero-order valence-corrected chi connectivity index (χ0v) is 8.70. The Kier molecular flexibility index (Phi) is 3.45. The van der Waals surface area contributed by atoms with Gasteiger partial charge in [0.1, 0.15) is 5.60 Å². The summed E-state index contributed by atoms with van der Waals surface area (Å²) in [5.41, 5.74) is 4.55. The van der Waals surface area contributed by atoms with E-state index >= 15 is 0 Å². The molecule has 0 spiro atoms. The summed E-state index contributed by atoms with van der Waals surface area (Å²) in [7, 11) is 0. The summed E-state index contributed by atoms with van der Waals surface area (Å²) in [6, 6.07) is -0.0466. The Labute approximate surface area is 85.0 Å². The maximum Gasteiger partial charge on any atom is 0.170 e. The molecule has 80 valence electrons. The molecule has 0 amide bonds. The minimum absolute atomic E-state index is 0.0466. The summed E-state index contributed by atoms with van der Waals surface area (Å²) in [4.78, 5) is 11.8. The average Bonchev–Trinajstić information content (AvgIpc) is 2.15. The van der Waals surface area contributed by atoms with Gasteiger partial charge in [0.05, 0.1) is 0 Å². The second-order valence-electron chi connectivity index (χ2n) is 4.28. The molecule has 1 aliphatic carbocycles. The standard InChI is InChI=1S/C11H19NO2/c1-3-8(2)10(13)11(14)6-4-5-9(12)7-11/h3,8-9,14H,1,4-7,12H2,2H3. The van der Waals surface area contributed by atoms with E-state index < -0.39 is 5.60 Å². The molecule has 1 rings (SSSR count). The Morgan fingerprint density at radius 2 is 2.43 bits per heavy atom. The van der Waals surface area contributed by atoms with Crippen molar-refractivity contribution in [3.63, 3.8) is 0 Å². The van der Waals surface area contributed by atoms with Crippen molar-refractivity contribution in [2.75, 3.05) is 0 Å². The van der Waals surface area contributed by atoms with E-state index in [2.05, 4.69) is 6.58 Å². The Balaban J connectivity index is 2.72. The first-order valence-electron chi connectivity index (χ1n) is 5.14. The predicted octanol–water partition coefficient (Wildman–Crippen LogP) is 1.01. The maximum atomic E-state index is 11.8. The number of carbonyl (C=O) groups is 1. The lowest BCUT2D eigenvalue weighted by molar-refractivity contribution is -0.143. The van der Waals surface area contributed by atoms with Crippen LogP contribution in [0.3, 0.4) is 0 Å². The third kappa shape index (κ3) is 2.22. The predicted molar refractivity (Wildman–Crippen MR) is 55.8 cm³/mol. The lowest BCUT2D eigenvalue weighted by atomic mass is 9.76. The van der Waals surface area contributed by atoms with Crippen LogP contribution in [0.25, 0.3) is 0 Å². The van der Waals surface area contributed by atoms with Crippen LogP contribution in [0, 0.1) is 5.92 Å². The van der Waals surface area contributed by atoms with Crippen LogP contribution in [0.15, 0.2) is 12.7 Å². The van der Waals surface area contributed by atoms with E-state index in [-0.39, 0.29) is 17.7 Å². The normalized spacial score (nSPS) is 34.9. The molecule has 1 fully saturated rings. The van der Waals surface area contributed by atoms with Crippen LogP contribution < -0.4 is 5.73 Å². The number of nitrogens with two attached hydrogens (primary N) is 1. The van der Waals surface area contributed by atoms with E-state index in [1.54, 1.807) is 13.0 Å². The van der Waals surface area contributed by atoms with Crippen molar-refractivity contribution in [3.05, 3.63) is 12.7 Å². The van der Waals surface area contributed by atoms with E-state index in [0.29, 0.717) is 12.8 Å². The van der Waals surface area contributed by atoms with Gasteiger partial charge in [-0.05, 0) is 25.7 Å². The molecule has 3 N–H and O–H groups in total. The number of hydrogen-bond donors (Lipinski definition) is 2. The van der Waals surface area contributed by atoms with Gasteiger partial charge in [0.15, 0.2) is 5.78 Å². The molecule has 1 aliphatic rings. The van der Waals surface area contributed by atoms with Crippen molar-refractivity contribution in [2.45, 2.75) is 44.2 Å². The minimum atomic E-state index is -1.20. The molecule has 0 aromatic rings. The molecule has 14 heavy (non-hydrogen) atoms. The largest absolute Gasteiger partial charge is 0.382 e. The first-order chi connectivity index (χ1) is 6.49. The van der Waals surface area contributed by atoms with Crippen LogP contribution in [-0.2, 0) is 4.79 Å². The molecule has 3 atom stereocenters. The molecule has 0 aromatic heterocycles. The second-order valence-corrected chi connectivity index (χ2v) is 4.28. The molecule has 3 heteroatoms. The van der Waals surface area contributed by atoms with E-state index in [1.807, 2.05) is 0 Å². The molecule has 3 nitrogen and oxygen atoms in total. The molecule has 0 bridgehead atoms. The molecule has 0 aliphatic heterocycles. The molecular weight excluding hydrogens is 178 g/mol. The minimum Gasteiger partial charge on any atom is -0.382 e. The quantitative estimate of drug-likeness (QED) is 0.664. The summed E-state index contributed by atoms with van der Waals surface area (Å²) in [5.74, 6) is -0.423. The molecule has 0 radical (unpaired) electrons. The SMILES string of the molecule is C=CC(C)C(=O)C1(O)CCCC(N)C1. The Morgan fingerprint density at radius 3 is 2.93 bits per heavy atom. The zero-order valence-electron chi connectivity index (χ0n) is 8.70. The summed E-state index contributed by atoms with van der Waals surface area (Å²) in [6.07, 6.45) is 4.23. The first kappa shape index (κ1) is 11.4. The van der Waals surface area contributed by atoms with Gasteiger partial charge in [0.25, 0.3) is 0 Å². The topological polar surface area (TPSA) is 63.3 Å². The van der Waals surface area contributed by atoms with Crippen molar-refractivity contribution in [2.24, 2.45) is 11.7 Å². The van der Waals surface area contributed by atoms with Crippen LogP contribution in [0.1, 0.15) is 32.6 Å². The van der Waals surface area contributed by atoms with Gasteiger partial charge in [0.2, 0.25) is 0 Å². The van der Waals surface area contributed by atoms with Crippen LogP contribution >= 0.6 is 0 Å². The summed E-state index contributed by atoms with van der Waals surface area (Å²) in [5, 5.41) is 10.1. The zero-order chi connectivity index (χ0) is 10.8. The Bertz CT molecular complexity index is 239. The lowest BCUT2D eigenvalue weighted by Gasteiger charge is -2.35. The van der Waals surface area contributed by atoms with Crippen molar-refractivity contribution in [1.82, 2.24) is 0 Å². The van der Waals surface area contributed by atoms with Crippen LogP contribution in [0.4, 0.5) is 0 Å². The van der Waals surface area contributed by atoms with Crippen molar-refractivity contribution >= 4 is 5.78 Å². The first-order valence-corrected chi connectivity index (χ1v) is 5.14. The highest BCUT2D eigenvalue weighted by Gasteiger charge is 2.40. The van der Waals surface area contributed by atoms with E-state index in [4.69, 9.17) is 5.73 Å². The molecular formula is C11H19NO2. The van der Waals surface area contributed by atoms with E-state index in [9.17, 15) is 9.90 Å². The van der Waals surface area contributed by atoms with Crippen molar-refractivity contribution < 1.29 is 9.90 Å². The third-order valence-electron chi connectivity index (χ3n) is 2.99. The van der Waals surface area contributed by atoms with Gasteiger partial charge in [-0.2, -0.15) is 0 Å². The smallest absolute Gasteiger partial charge is 0.170 e. The van der Waals surface area contributed by atoms with Gasteiger partial charge < -0.3 is 10.8 Å². The number of ketones is 1. The Hall–Kier alpha value is -0.670. The summed E-state index contributed by atoms with van der Waals surface area (Å²) < 4.78 is 0. The highest BCUT2D eigenvalue weighted by molar-refractivity contribution is 5.90. The number of allylic oxidation sites excluding steroid dienone is 1. The summed E-state index contributed by atoms with van der Waals surface area (Å²) >= 11 is 0. The molecule has 0 saturated heterocycles. The molecule has 1 saturated carbocycles. The van der Waals surface area contributed by atoms with Crippen molar-refractivity contribution in [3.8, 4) is 0 Å². The fourth-order valence-corrected chi connectivity index (χ4v) is 2.05. The number of Topliss-reactive ketones (excluding diaryl/α,β-unsaturated/α-hetero) is 1. The Morgan fingerprint density at radius 1 is 1.79 bits per heavy atom. The molecule has 0 aromatic carbocycles. The van der Waals surface area contributed by atoms with Crippen LogP contribution in [0.2, 0.25) is 0 Å². The number of hydrogen-bond acceptors (Lipinski definition) is 3. The fourth-order valence-electron chi connectivity index (χ4n) is 2.05. The van der Waals surface area contributed by atoms with E-state index in [0.717, 1.165) is 12.8 Å². The fraction of sp³-hybridized carbons (Fsp3) is 0.727. The van der Waals surface area contributed by atoms with Gasteiger partial charge in [-0.1, -0.05) is 13.0 Å². The summed E-state index contributed by atoms with van der Waals surface area (Å²) in [6.45, 7) is 5.32. The van der Waals surface area contributed by atoms with Crippen LogP contribution in [-0.4, -0.2) is 22.5 Å². The monoisotopic (exact) mass is 197 g/mol. The van der Waals surface area contributed by atoms with Gasteiger partial charge in [0, 0.05) is 12.0 Å². The third-order valence-corrected chi connectivity index (χ3v) is 2.99. The van der Waals surface area contributed by atoms with Crippen LogP contribution in [0.5, 0.6) is 0 Å². The number of aliphatic hydroxyl groups is 1. The van der Waals surface area contributed by atoms with Gasteiger partial charge in [-0.25, -0.2) is 0 Å². The lowest BCUT2D eigenvalue weighted by Crippen LogP contribution is -2.48. The van der Waals surface area contributed by atoms with Gasteiger partial charge >= 0.3 is 0 Å². The highest BCUT2D eigenvalue weighted by Crippen LogP contribution is 2.30. The maximum absolute atomic E-state index is 11.8. The average molecular weight is 197 g/mol. The second kappa shape index (κ2) is 4.24. The molecule has 3 unspecified atom stereocenters. The van der Waals surface area contributed by atoms with Gasteiger partial charge in [-0.3, -0.25) is 4.79 Å². The van der Waals surface area contributed by atoms with Gasteiger partial charge in [-0.15, -0.1) is 6.58 Å². The molecule has 0 heterocycles. The number of carbonyl (C=O) groups excluding carboxylic acids is 1. The van der Waals surface area contributed by atoms with Crippen molar-refractivity contribution in [1.29, 1.82) is 0 Å². The van der Waals surface area contributed by atoms with E-state index in [1.165, 1.54) is 0 Å².